The third-order valence-electron chi connectivity index (χ3n) is 5.11. The van der Waals surface area contributed by atoms with Crippen molar-refractivity contribution in [2.45, 2.75) is 26.2 Å². The van der Waals surface area contributed by atoms with Gasteiger partial charge in [-0.05, 0) is 43.5 Å². The van der Waals surface area contributed by atoms with Crippen LogP contribution in [0.2, 0.25) is 0 Å². The highest BCUT2D eigenvalue weighted by Crippen LogP contribution is 2.26. The van der Waals surface area contributed by atoms with Crippen LogP contribution in [-0.4, -0.2) is 59.3 Å². The van der Waals surface area contributed by atoms with E-state index in [0.717, 1.165) is 32.0 Å². The molecule has 2 aromatic rings. The van der Waals surface area contributed by atoms with E-state index < -0.39 is 0 Å². The summed E-state index contributed by atoms with van der Waals surface area (Å²) in [6.45, 7) is 7.16. The zero-order valence-electron chi connectivity index (χ0n) is 17.3. The van der Waals surface area contributed by atoms with Gasteiger partial charge in [0.15, 0.2) is 5.96 Å². The van der Waals surface area contributed by atoms with Crippen molar-refractivity contribution in [3.05, 3.63) is 53.1 Å². The maximum absolute atomic E-state index is 13.6. The van der Waals surface area contributed by atoms with Gasteiger partial charge in [0.1, 0.15) is 5.82 Å². The van der Waals surface area contributed by atoms with E-state index in [4.69, 9.17) is 0 Å². The number of benzene rings is 1. The number of aliphatic imine (C=N–C) groups is 1. The van der Waals surface area contributed by atoms with E-state index in [1.807, 2.05) is 24.9 Å². The summed E-state index contributed by atoms with van der Waals surface area (Å²) in [6.07, 6.45) is 5.06. The number of halogens is 1. The van der Waals surface area contributed by atoms with Crippen LogP contribution < -0.4 is 10.6 Å². The van der Waals surface area contributed by atoms with Crippen molar-refractivity contribution in [1.29, 1.82) is 0 Å². The van der Waals surface area contributed by atoms with E-state index in [1.165, 1.54) is 11.6 Å². The number of rotatable bonds is 6. The number of guanidine groups is 1. The van der Waals surface area contributed by atoms with Crippen LogP contribution in [0.5, 0.6) is 0 Å². The standard InChI is InChI=1S/C21H29FN6O/c1-4-23-21(28-10-7-17(14-28)18-12-26-27(3)13-18)25-9-8-24-20(29)16-6-5-15(2)19(22)11-16/h5-6,11-13,17H,4,7-10,14H2,1-3H3,(H,23,25)(H,24,29). The van der Waals surface area contributed by atoms with Crippen LogP contribution in [0.1, 0.15) is 40.7 Å². The van der Waals surface area contributed by atoms with Gasteiger partial charge in [0.05, 0.1) is 12.7 Å². The first-order chi connectivity index (χ1) is 14.0. The van der Waals surface area contributed by atoms with Gasteiger partial charge in [-0.3, -0.25) is 14.5 Å². The average Bonchev–Trinajstić information content (AvgIpc) is 3.35. The lowest BCUT2D eigenvalue weighted by molar-refractivity contribution is 0.0954. The zero-order valence-corrected chi connectivity index (χ0v) is 17.3. The Morgan fingerprint density at radius 3 is 2.90 bits per heavy atom. The van der Waals surface area contributed by atoms with E-state index in [-0.39, 0.29) is 11.7 Å². The number of nitrogens with one attached hydrogen (secondary N) is 2. The quantitative estimate of drug-likeness (QED) is 0.442. The summed E-state index contributed by atoms with van der Waals surface area (Å²) < 4.78 is 15.5. The summed E-state index contributed by atoms with van der Waals surface area (Å²) >= 11 is 0. The predicted octanol–water partition coefficient (Wildman–Crippen LogP) is 2.05. The van der Waals surface area contributed by atoms with Crippen LogP contribution in [-0.2, 0) is 7.05 Å². The number of likely N-dealkylation sites (tertiary alicyclic amines) is 1. The molecule has 1 atom stereocenters. The van der Waals surface area contributed by atoms with Crippen LogP contribution in [0, 0.1) is 12.7 Å². The van der Waals surface area contributed by atoms with Gasteiger partial charge in [0.25, 0.3) is 5.91 Å². The molecule has 2 N–H and O–H groups in total. The van der Waals surface area contributed by atoms with Crippen LogP contribution in [0.4, 0.5) is 4.39 Å². The molecule has 0 aliphatic carbocycles. The number of carbonyl (C=O) groups is 1. The lowest BCUT2D eigenvalue weighted by Gasteiger charge is -2.21. The Morgan fingerprint density at radius 1 is 1.38 bits per heavy atom. The SMILES string of the molecule is CCNC(=NCCNC(=O)c1ccc(C)c(F)c1)N1CCC(c2cnn(C)c2)C1. The second kappa shape index (κ2) is 9.54. The van der Waals surface area contributed by atoms with Gasteiger partial charge < -0.3 is 15.5 Å². The van der Waals surface area contributed by atoms with Crippen molar-refractivity contribution < 1.29 is 9.18 Å². The molecule has 0 radical (unpaired) electrons. The summed E-state index contributed by atoms with van der Waals surface area (Å²) in [7, 11) is 1.93. The first-order valence-corrected chi connectivity index (χ1v) is 10.0. The predicted molar refractivity (Wildman–Crippen MR) is 112 cm³/mol. The van der Waals surface area contributed by atoms with Crippen molar-refractivity contribution in [1.82, 2.24) is 25.3 Å². The number of nitrogens with zero attached hydrogens (tertiary/aromatic N) is 4. The second-order valence-corrected chi connectivity index (χ2v) is 7.33. The minimum Gasteiger partial charge on any atom is -0.357 e. The molecule has 1 unspecified atom stereocenters. The molecule has 8 heteroatoms. The number of hydrogen-bond donors (Lipinski definition) is 2. The van der Waals surface area contributed by atoms with Gasteiger partial charge in [-0.1, -0.05) is 6.07 Å². The molecule has 1 amide bonds. The summed E-state index contributed by atoms with van der Waals surface area (Å²) in [4.78, 5) is 19.1. The number of hydrogen-bond acceptors (Lipinski definition) is 3. The van der Waals surface area contributed by atoms with Crippen LogP contribution >= 0.6 is 0 Å². The lowest BCUT2D eigenvalue weighted by Crippen LogP contribution is -2.40. The molecule has 29 heavy (non-hydrogen) atoms. The Bertz CT molecular complexity index is 878. The van der Waals surface area contributed by atoms with Crippen LogP contribution in [0.3, 0.4) is 0 Å². The van der Waals surface area contributed by atoms with Gasteiger partial charge in [0, 0.05) is 50.9 Å². The molecule has 3 rings (SSSR count). The van der Waals surface area contributed by atoms with E-state index in [2.05, 4.69) is 31.8 Å². The van der Waals surface area contributed by atoms with Crippen molar-refractivity contribution in [2.24, 2.45) is 12.0 Å². The highest BCUT2D eigenvalue weighted by Gasteiger charge is 2.26. The fraction of sp³-hybridized carbons (Fsp3) is 0.476. The molecule has 156 valence electrons. The summed E-state index contributed by atoms with van der Waals surface area (Å²) in [5, 5.41) is 10.4. The molecule has 1 aromatic heterocycles. The van der Waals surface area contributed by atoms with Gasteiger partial charge in [-0.15, -0.1) is 0 Å². The Hall–Kier alpha value is -2.90. The Labute approximate surface area is 171 Å². The monoisotopic (exact) mass is 400 g/mol. The van der Waals surface area contributed by atoms with Crippen molar-refractivity contribution in [3.8, 4) is 0 Å². The third-order valence-corrected chi connectivity index (χ3v) is 5.11. The largest absolute Gasteiger partial charge is 0.357 e. The summed E-state index contributed by atoms with van der Waals surface area (Å²) in [5.41, 5.74) is 2.10. The Balaban J connectivity index is 1.52. The normalized spacial score (nSPS) is 16.9. The minimum absolute atomic E-state index is 0.290. The summed E-state index contributed by atoms with van der Waals surface area (Å²) in [6, 6.07) is 4.50. The lowest BCUT2D eigenvalue weighted by atomic mass is 10.0. The maximum Gasteiger partial charge on any atom is 0.251 e. The topological polar surface area (TPSA) is 74.6 Å². The van der Waals surface area contributed by atoms with E-state index in [1.54, 1.807) is 19.1 Å². The molecular weight excluding hydrogens is 371 g/mol. The first kappa shape index (κ1) is 20.8. The minimum atomic E-state index is -0.373. The molecule has 1 aliphatic heterocycles. The highest BCUT2D eigenvalue weighted by atomic mass is 19.1. The number of carbonyl (C=O) groups excluding carboxylic acids is 1. The molecule has 1 fully saturated rings. The van der Waals surface area contributed by atoms with E-state index in [9.17, 15) is 9.18 Å². The highest BCUT2D eigenvalue weighted by molar-refractivity contribution is 5.94. The van der Waals surface area contributed by atoms with Crippen molar-refractivity contribution in [3.63, 3.8) is 0 Å². The molecule has 0 spiro atoms. The average molecular weight is 401 g/mol. The van der Waals surface area contributed by atoms with Gasteiger partial charge in [-0.2, -0.15) is 5.10 Å². The van der Waals surface area contributed by atoms with Crippen LogP contribution in [0.25, 0.3) is 0 Å². The molecule has 1 aliphatic rings. The zero-order chi connectivity index (χ0) is 20.8. The fourth-order valence-electron chi connectivity index (χ4n) is 3.47. The van der Waals surface area contributed by atoms with Gasteiger partial charge in [-0.25, -0.2) is 4.39 Å². The van der Waals surface area contributed by atoms with Gasteiger partial charge >= 0.3 is 0 Å². The van der Waals surface area contributed by atoms with Crippen molar-refractivity contribution >= 4 is 11.9 Å². The molecule has 1 saturated heterocycles. The third kappa shape index (κ3) is 5.34. The Kier molecular flexibility index (Phi) is 6.85. The first-order valence-electron chi connectivity index (χ1n) is 10.0. The smallest absolute Gasteiger partial charge is 0.251 e. The molecule has 0 saturated carbocycles. The molecule has 2 heterocycles. The second-order valence-electron chi connectivity index (χ2n) is 7.33. The van der Waals surface area contributed by atoms with E-state index in [0.29, 0.717) is 30.1 Å². The fourth-order valence-corrected chi connectivity index (χ4v) is 3.47. The molecule has 7 nitrogen and oxygen atoms in total. The van der Waals surface area contributed by atoms with Crippen LogP contribution in [0.15, 0.2) is 35.6 Å². The molecular formula is C21H29FN6O. The number of aryl methyl sites for hydroxylation is 2. The Morgan fingerprint density at radius 2 is 2.21 bits per heavy atom. The van der Waals surface area contributed by atoms with Crippen molar-refractivity contribution in [2.75, 3.05) is 32.7 Å². The number of aromatic nitrogens is 2. The molecule has 0 bridgehead atoms. The van der Waals surface area contributed by atoms with E-state index >= 15 is 0 Å². The summed E-state index contributed by atoms with van der Waals surface area (Å²) in [5.74, 6) is 0.641. The number of amides is 1. The van der Waals surface area contributed by atoms with Gasteiger partial charge in [0.2, 0.25) is 0 Å². The maximum atomic E-state index is 13.6. The molecule has 1 aromatic carbocycles.